The van der Waals surface area contributed by atoms with E-state index in [2.05, 4.69) is 15.3 Å². The molecule has 3 aromatic rings. The molecule has 154 valence electrons. The van der Waals surface area contributed by atoms with E-state index in [-0.39, 0.29) is 23.8 Å². The summed E-state index contributed by atoms with van der Waals surface area (Å²) in [5, 5.41) is 13.2. The third-order valence-electron chi connectivity index (χ3n) is 4.17. The van der Waals surface area contributed by atoms with Crippen LogP contribution in [0.25, 0.3) is 10.9 Å². The quantitative estimate of drug-likeness (QED) is 0.599. The lowest BCUT2D eigenvalue weighted by atomic mass is 10.1. The van der Waals surface area contributed by atoms with Gasteiger partial charge >= 0.3 is 0 Å². The Bertz CT molecular complexity index is 1170. The summed E-state index contributed by atoms with van der Waals surface area (Å²) in [5.41, 5.74) is 0.952. The highest BCUT2D eigenvalue weighted by Gasteiger charge is 2.14. The molecule has 0 unspecified atom stereocenters. The Labute approximate surface area is 167 Å². The van der Waals surface area contributed by atoms with Crippen LogP contribution in [-0.4, -0.2) is 49.2 Å². The standard InChI is InChI=1S/C19H20FN3O5S/c1-11-6-13(20)15(8-16(11)24)23-19-12-7-17(27-2)18(9-14(12)21-10-22-19)28-4-5-29(3,25)26/h6-10,24H,4-5H2,1-3H3,(H,21,22,23). The largest absolute Gasteiger partial charge is 0.508 e. The van der Waals surface area contributed by atoms with Crippen molar-refractivity contribution >= 4 is 32.2 Å². The third-order valence-corrected chi connectivity index (χ3v) is 5.08. The number of aryl methyl sites for hydroxylation is 1. The van der Waals surface area contributed by atoms with Crippen LogP contribution in [0.2, 0.25) is 0 Å². The molecule has 0 aliphatic heterocycles. The number of benzene rings is 2. The number of phenolic OH excluding ortho intramolecular Hbond substituents is 1. The molecule has 0 aliphatic rings. The van der Waals surface area contributed by atoms with Crippen molar-refractivity contribution in [3.8, 4) is 17.2 Å². The molecule has 1 heterocycles. The van der Waals surface area contributed by atoms with Gasteiger partial charge in [-0.3, -0.25) is 0 Å². The predicted octanol–water partition coefficient (Wildman–Crippen LogP) is 2.96. The molecule has 0 aliphatic carbocycles. The maximum absolute atomic E-state index is 14.3. The van der Waals surface area contributed by atoms with Crippen molar-refractivity contribution < 1.29 is 27.4 Å². The van der Waals surface area contributed by atoms with Crippen LogP contribution in [0.4, 0.5) is 15.9 Å². The Hall–Kier alpha value is -3.14. The number of fused-ring (bicyclic) bond motifs is 1. The Morgan fingerprint density at radius 1 is 1.17 bits per heavy atom. The van der Waals surface area contributed by atoms with Crippen LogP contribution in [0.5, 0.6) is 17.2 Å². The number of hydrogen-bond donors (Lipinski definition) is 2. The summed E-state index contributed by atoms with van der Waals surface area (Å²) < 4.78 is 47.7. The number of aromatic nitrogens is 2. The first-order valence-corrected chi connectivity index (χ1v) is 10.6. The maximum Gasteiger partial charge on any atom is 0.163 e. The number of nitrogens with one attached hydrogen (secondary N) is 1. The van der Waals surface area contributed by atoms with Gasteiger partial charge in [-0.25, -0.2) is 22.8 Å². The van der Waals surface area contributed by atoms with E-state index in [4.69, 9.17) is 9.47 Å². The number of anilines is 2. The number of sulfone groups is 1. The Kier molecular flexibility index (Phi) is 5.73. The fourth-order valence-corrected chi connectivity index (χ4v) is 3.01. The minimum atomic E-state index is -3.17. The number of halogens is 1. The number of aromatic hydroxyl groups is 1. The lowest BCUT2D eigenvalue weighted by Crippen LogP contribution is -2.12. The molecule has 0 saturated carbocycles. The average Bonchev–Trinajstić information content (AvgIpc) is 2.64. The summed E-state index contributed by atoms with van der Waals surface area (Å²) in [7, 11) is -1.72. The second kappa shape index (κ2) is 8.08. The van der Waals surface area contributed by atoms with Gasteiger partial charge in [0.15, 0.2) is 21.3 Å². The first-order chi connectivity index (χ1) is 13.7. The van der Waals surface area contributed by atoms with E-state index in [0.29, 0.717) is 33.8 Å². The van der Waals surface area contributed by atoms with Gasteiger partial charge in [0, 0.05) is 23.8 Å². The molecular weight excluding hydrogens is 401 g/mol. The lowest BCUT2D eigenvalue weighted by Gasteiger charge is -2.14. The molecular formula is C19H20FN3O5S. The van der Waals surface area contributed by atoms with Gasteiger partial charge in [0.1, 0.15) is 30.3 Å². The zero-order valence-electron chi connectivity index (χ0n) is 16.1. The third kappa shape index (κ3) is 4.83. The monoisotopic (exact) mass is 421 g/mol. The number of ether oxygens (including phenoxy) is 2. The van der Waals surface area contributed by atoms with Crippen LogP contribution < -0.4 is 14.8 Å². The van der Waals surface area contributed by atoms with E-state index in [0.717, 1.165) is 6.26 Å². The molecule has 0 fully saturated rings. The maximum atomic E-state index is 14.3. The number of hydrogen-bond acceptors (Lipinski definition) is 8. The van der Waals surface area contributed by atoms with Crippen LogP contribution in [0.15, 0.2) is 30.6 Å². The van der Waals surface area contributed by atoms with Gasteiger partial charge in [0.05, 0.1) is 24.1 Å². The topological polar surface area (TPSA) is 111 Å². The van der Waals surface area contributed by atoms with Crippen LogP contribution >= 0.6 is 0 Å². The molecule has 3 rings (SSSR count). The van der Waals surface area contributed by atoms with Crippen molar-refractivity contribution in [2.45, 2.75) is 6.92 Å². The average molecular weight is 421 g/mol. The van der Waals surface area contributed by atoms with Gasteiger partial charge in [0.2, 0.25) is 0 Å². The van der Waals surface area contributed by atoms with Crippen LogP contribution in [-0.2, 0) is 9.84 Å². The highest BCUT2D eigenvalue weighted by Crippen LogP contribution is 2.35. The second-order valence-electron chi connectivity index (χ2n) is 6.46. The zero-order chi connectivity index (χ0) is 21.2. The van der Waals surface area contributed by atoms with Crippen LogP contribution in [0.3, 0.4) is 0 Å². The summed E-state index contributed by atoms with van der Waals surface area (Å²) in [6, 6.07) is 5.69. The van der Waals surface area contributed by atoms with Gasteiger partial charge in [-0.05, 0) is 24.6 Å². The SMILES string of the molecule is COc1cc2c(Nc3cc(O)c(C)cc3F)ncnc2cc1OCCS(C)(=O)=O. The zero-order valence-corrected chi connectivity index (χ0v) is 16.9. The molecule has 2 aromatic carbocycles. The van der Waals surface area contributed by atoms with E-state index >= 15 is 0 Å². The summed E-state index contributed by atoms with van der Waals surface area (Å²) in [6.07, 6.45) is 2.42. The molecule has 0 spiro atoms. The van der Waals surface area contributed by atoms with Crippen LogP contribution in [0.1, 0.15) is 5.56 Å². The Balaban J connectivity index is 1.97. The Morgan fingerprint density at radius 3 is 2.62 bits per heavy atom. The van der Waals surface area contributed by atoms with Crippen molar-refractivity contribution in [1.29, 1.82) is 0 Å². The minimum Gasteiger partial charge on any atom is -0.508 e. The molecule has 2 N–H and O–H groups in total. The van der Waals surface area contributed by atoms with E-state index in [9.17, 15) is 17.9 Å². The van der Waals surface area contributed by atoms with Crippen molar-refractivity contribution in [3.05, 3.63) is 42.0 Å². The molecule has 0 bridgehead atoms. The minimum absolute atomic E-state index is 0.0370. The highest BCUT2D eigenvalue weighted by atomic mass is 32.2. The fraction of sp³-hybridized carbons (Fsp3) is 0.263. The molecule has 0 radical (unpaired) electrons. The van der Waals surface area contributed by atoms with E-state index in [1.807, 2.05) is 0 Å². The van der Waals surface area contributed by atoms with Gasteiger partial charge in [0.25, 0.3) is 0 Å². The smallest absolute Gasteiger partial charge is 0.163 e. The number of rotatable bonds is 7. The van der Waals surface area contributed by atoms with Crippen molar-refractivity contribution in [2.75, 3.05) is 31.0 Å². The molecule has 0 saturated heterocycles. The number of phenols is 1. The fourth-order valence-electron chi connectivity index (χ4n) is 2.62. The molecule has 29 heavy (non-hydrogen) atoms. The van der Waals surface area contributed by atoms with Gasteiger partial charge in [-0.15, -0.1) is 0 Å². The summed E-state index contributed by atoms with van der Waals surface area (Å²) in [6.45, 7) is 1.56. The van der Waals surface area contributed by atoms with Crippen molar-refractivity contribution in [1.82, 2.24) is 9.97 Å². The molecule has 0 amide bonds. The van der Waals surface area contributed by atoms with Crippen molar-refractivity contribution in [3.63, 3.8) is 0 Å². The normalized spacial score (nSPS) is 11.4. The number of nitrogens with zero attached hydrogens (tertiary/aromatic N) is 2. The van der Waals surface area contributed by atoms with Gasteiger partial charge in [-0.1, -0.05) is 0 Å². The van der Waals surface area contributed by atoms with E-state index in [1.54, 1.807) is 19.1 Å². The van der Waals surface area contributed by atoms with Crippen molar-refractivity contribution in [2.24, 2.45) is 0 Å². The van der Waals surface area contributed by atoms with Gasteiger partial charge in [-0.2, -0.15) is 0 Å². The number of methoxy groups -OCH3 is 1. The first-order valence-electron chi connectivity index (χ1n) is 8.57. The lowest BCUT2D eigenvalue weighted by molar-refractivity contribution is 0.312. The molecule has 8 nitrogen and oxygen atoms in total. The molecule has 10 heteroatoms. The first kappa shape index (κ1) is 20.6. The van der Waals surface area contributed by atoms with Crippen LogP contribution in [0, 0.1) is 12.7 Å². The Morgan fingerprint density at radius 2 is 1.93 bits per heavy atom. The summed E-state index contributed by atoms with van der Waals surface area (Å²) >= 11 is 0. The summed E-state index contributed by atoms with van der Waals surface area (Å²) in [4.78, 5) is 8.33. The summed E-state index contributed by atoms with van der Waals surface area (Å²) in [5.74, 6) is 0.244. The second-order valence-corrected chi connectivity index (χ2v) is 8.72. The van der Waals surface area contributed by atoms with E-state index in [1.165, 1.54) is 25.6 Å². The van der Waals surface area contributed by atoms with Gasteiger partial charge < -0.3 is 19.9 Å². The molecule has 1 aromatic heterocycles. The predicted molar refractivity (Wildman–Crippen MR) is 107 cm³/mol. The van der Waals surface area contributed by atoms with E-state index < -0.39 is 15.7 Å². The molecule has 0 atom stereocenters. The highest BCUT2D eigenvalue weighted by molar-refractivity contribution is 7.90.